The van der Waals surface area contributed by atoms with Crippen LogP contribution in [0.5, 0.6) is 0 Å². The number of aromatic nitrogens is 4. The van der Waals surface area contributed by atoms with Crippen molar-refractivity contribution in [3.63, 3.8) is 0 Å². The van der Waals surface area contributed by atoms with E-state index in [1.54, 1.807) is 11.3 Å². The fourth-order valence-corrected chi connectivity index (χ4v) is 9.87. The summed E-state index contributed by atoms with van der Waals surface area (Å²) in [6.07, 6.45) is 0. The number of hydrogen-bond acceptors (Lipinski definition) is 4. The Morgan fingerprint density at radius 1 is 0.345 bits per heavy atom. The predicted octanol–water partition coefficient (Wildman–Crippen LogP) is 14.3. The highest BCUT2D eigenvalue weighted by molar-refractivity contribution is 7.26. The summed E-state index contributed by atoms with van der Waals surface area (Å²) in [5.74, 6) is 1.92. The van der Waals surface area contributed by atoms with E-state index in [4.69, 9.17) is 15.0 Å². The number of hydrogen-bond donors (Lipinski definition) is 0. The summed E-state index contributed by atoms with van der Waals surface area (Å²) < 4.78 is 4.81. The zero-order valence-electron chi connectivity index (χ0n) is 31.2. The van der Waals surface area contributed by atoms with Crippen LogP contribution in [0.25, 0.3) is 115 Å². The number of thiophene rings is 1. The summed E-state index contributed by atoms with van der Waals surface area (Å²) in [6, 6.07) is 69.2. The first-order chi connectivity index (χ1) is 28.7. The van der Waals surface area contributed by atoms with Gasteiger partial charge in [-0.3, -0.25) is 0 Å². The molecule has 0 bridgehead atoms. The molecule has 12 rings (SSSR count). The maximum absolute atomic E-state index is 5.40. The zero-order valence-corrected chi connectivity index (χ0v) is 32.0. The number of fused-ring (bicyclic) bond motifs is 8. The molecular weight excluding hydrogens is 725 g/mol. The third kappa shape index (κ3) is 5.25. The second-order valence-corrected chi connectivity index (χ2v) is 15.9. The molecule has 5 heteroatoms. The van der Waals surface area contributed by atoms with Crippen LogP contribution in [0.2, 0.25) is 0 Å². The lowest BCUT2D eigenvalue weighted by Gasteiger charge is -2.15. The van der Waals surface area contributed by atoms with Gasteiger partial charge in [0.05, 0.1) is 11.0 Å². The standard InChI is InChI=1S/C53H32N4S/c1-2-13-33(14-3-1)34-25-27-35(28-26-34)51-54-52(44-22-12-21-43-42-20-9-11-24-49(42)58-50(43)44)56-53(55-51)46-32-39(29-38-17-6-7-18-40(38)46)57-47-23-10-8-19-41(47)45-30-36-15-4-5-16-37(36)31-48(45)57/h1-32H. The molecule has 0 radical (unpaired) electrons. The van der Waals surface area contributed by atoms with Crippen LogP contribution in [-0.2, 0) is 0 Å². The summed E-state index contributed by atoms with van der Waals surface area (Å²) in [4.78, 5) is 16.0. The van der Waals surface area contributed by atoms with Crippen LogP contribution in [0.15, 0.2) is 194 Å². The van der Waals surface area contributed by atoms with Crippen molar-refractivity contribution < 1.29 is 0 Å². The number of benzene rings is 9. The van der Waals surface area contributed by atoms with Gasteiger partial charge in [0.15, 0.2) is 17.5 Å². The van der Waals surface area contributed by atoms with E-state index in [1.807, 2.05) is 6.07 Å². The molecule has 0 N–H and O–H groups in total. The molecule has 0 aliphatic heterocycles. The van der Waals surface area contributed by atoms with E-state index in [-0.39, 0.29) is 0 Å². The van der Waals surface area contributed by atoms with Crippen LogP contribution in [-0.4, -0.2) is 19.5 Å². The zero-order chi connectivity index (χ0) is 38.2. The van der Waals surface area contributed by atoms with Gasteiger partial charge in [-0.15, -0.1) is 11.3 Å². The average Bonchev–Trinajstić information content (AvgIpc) is 3.83. The van der Waals surface area contributed by atoms with Crippen LogP contribution in [0, 0.1) is 0 Å². The first-order valence-corrected chi connectivity index (χ1v) is 20.3. The van der Waals surface area contributed by atoms with Gasteiger partial charge in [-0.25, -0.2) is 15.0 Å². The Labute approximate surface area is 338 Å². The van der Waals surface area contributed by atoms with Crippen LogP contribution in [0.1, 0.15) is 0 Å². The average molecular weight is 757 g/mol. The molecule has 0 saturated carbocycles. The Morgan fingerprint density at radius 3 is 1.78 bits per heavy atom. The van der Waals surface area contributed by atoms with Gasteiger partial charge in [0.2, 0.25) is 0 Å². The van der Waals surface area contributed by atoms with Crippen LogP contribution < -0.4 is 0 Å². The van der Waals surface area contributed by atoms with Crippen molar-refractivity contribution in [2.45, 2.75) is 0 Å². The van der Waals surface area contributed by atoms with Gasteiger partial charge >= 0.3 is 0 Å². The molecule has 3 heterocycles. The Balaban J connectivity index is 1.12. The first-order valence-electron chi connectivity index (χ1n) is 19.5. The molecule has 0 spiro atoms. The molecule has 58 heavy (non-hydrogen) atoms. The van der Waals surface area contributed by atoms with Gasteiger partial charge in [0.1, 0.15) is 0 Å². The highest BCUT2D eigenvalue weighted by Crippen LogP contribution is 2.41. The monoisotopic (exact) mass is 756 g/mol. The summed E-state index contributed by atoms with van der Waals surface area (Å²) >= 11 is 1.79. The summed E-state index contributed by atoms with van der Waals surface area (Å²) in [5, 5.41) is 9.53. The molecule has 270 valence electrons. The predicted molar refractivity (Wildman–Crippen MR) is 244 cm³/mol. The van der Waals surface area contributed by atoms with E-state index in [2.05, 4.69) is 193 Å². The second-order valence-electron chi connectivity index (χ2n) is 14.8. The van der Waals surface area contributed by atoms with Crippen molar-refractivity contribution in [3.05, 3.63) is 194 Å². The number of para-hydroxylation sites is 1. The Morgan fingerprint density at radius 2 is 0.948 bits per heavy atom. The van der Waals surface area contributed by atoms with Crippen molar-refractivity contribution in [2.24, 2.45) is 0 Å². The third-order valence-corrected chi connectivity index (χ3v) is 12.6. The Kier molecular flexibility index (Phi) is 7.37. The fraction of sp³-hybridized carbons (Fsp3) is 0. The minimum absolute atomic E-state index is 0.634. The van der Waals surface area contributed by atoms with Crippen molar-refractivity contribution in [2.75, 3.05) is 0 Å². The molecule has 0 saturated heterocycles. The molecule has 3 aromatic heterocycles. The Hall–Kier alpha value is -7.47. The SMILES string of the molecule is c1ccc(-c2ccc(-c3nc(-c4cc(-n5c6ccccc6c6cc7ccccc7cc65)cc5ccccc45)nc(-c4cccc5c4sc4ccccc45)n3)cc2)cc1. The van der Waals surface area contributed by atoms with Gasteiger partial charge in [-0.1, -0.05) is 152 Å². The summed E-state index contributed by atoms with van der Waals surface area (Å²) in [5.41, 5.74) is 8.57. The lowest BCUT2D eigenvalue weighted by Crippen LogP contribution is -2.02. The Bertz CT molecular complexity index is 3560. The first kappa shape index (κ1) is 32.7. The molecular formula is C53H32N4S. The maximum Gasteiger partial charge on any atom is 0.165 e. The van der Waals surface area contributed by atoms with E-state index < -0.39 is 0 Å². The largest absolute Gasteiger partial charge is 0.309 e. The van der Waals surface area contributed by atoms with Crippen molar-refractivity contribution in [1.82, 2.24) is 19.5 Å². The topological polar surface area (TPSA) is 43.6 Å². The lowest BCUT2D eigenvalue weighted by molar-refractivity contribution is 1.08. The van der Waals surface area contributed by atoms with Gasteiger partial charge in [0, 0.05) is 53.3 Å². The molecule has 0 amide bonds. The normalized spacial score (nSPS) is 11.8. The van der Waals surface area contributed by atoms with Crippen molar-refractivity contribution >= 4 is 74.9 Å². The number of rotatable bonds is 5. The van der Waals surface area contributed by atoms with Gasteiger partial charge < -0.3 is 4.57 Å². The maximum atomic E-state index is 5.40. The van der Waals surface area contributed by atoms with Gasteiger partial charge in [-0.2, -0.15) is 0 Å². The van der Waals surface area contributed by atoms with Crippen LogP contribution >= 0.6 is 11.3 Å². The molecule has 12 aromatic rings. The van der Waals surface area contributed by atoms with E-state index >= 15 is 0 Å². The molecule has 0 atom stereocenters. The van der Waals surface area contributed by atoms with E-state index in [9.17, 15) is 0 Å². The fourth-order valence-electron chi connectivity index (χ4n) is 8.65. The smallest absolute Gasteiger partial charge is 0.165 e. The van der Waals surface area contributed by atoms with Crippen molar-refractivity contribution in [1.29, 1.82) is 0 Å². The van der Waals surface area contributed by atoms with Crippen LogP contribution in [0.3, 0.4) is 0 Å². The highest BCUT2D eigenvalue weighted by Gasteiger charge is 2.20. The molecule has 0 fully saturated rings. The molecule has 4 nitrogen and oxygen atoms in total. The molecule has 9 aromatic carbocycles. The second kappa shape index (κ2) is 13.1. The molecule has 0 aliphatic rings. The quantitative estimate of drug-likeness (QED) is 0.176. The minimum Gasteiger partial charge on any atom is -0.309 e. The molecule has 0 unspecified atom stereocenters. The van der Waals surface area contributed by atoms with E-state index in [0.717, 1.165) is 49.7 Å². The minimum atomic E-state index is 0.634. The van der Waals surface area contributed by atoms with Crippen LogP contribution in [0.4, 0.5) is 0 Å². The van der Waals surface area contributed by atoms with Gasteiger partial charge in [-0.05, 0) is 75.1 Å². The number of nitrogens with zero attached hydrogens (tertiary/aromatic N) is 4. The van der Waals surface area contributed by atoms with Crippen molar-refractivity contribution in [3.8, 4) is 51.0 Å². The lowest BCUT2D eigenvalue weighted by atomic mass is 10.0. The molecule has 0 aliphatic carbocycles. The van der Waals surface area contributed by atoms with E-state index in [0.29, 0.717) is 17.5 Å². The summed E-state index contributed by atoms with van der Waals surface area (Å²) in [7, 11) is 0. The summed E-state index contributed by atoms with van der Waals surface area (Å²) in [6.45, 7) is 0. The third-order valence-electron chi connectivity index (χ3n) is 11.4. The van der Waals surface area contributed by atoms with E-state index in [1.165, 1.54) is 47.3 Å². The highest BCUT2D eigenvalue weighted by atomic mass is 32.1. The van der Waals surface area contributed by atoms with Gasteiger partial charge in [0.25, 0.3) is 0 Å².